The average Bonchev–Trinajstić information content (AvgIpc) is 2.84. The maximum absolute atomic E-state index is 4.51. The van der Waals surface area contributed by atoms with E-state index < -0.39 is 0 Å². The van der Waals surface area contributed by atoms with Crippen LogP contribution in [0.4, 0.5) is 0 Å². The number of allylic oxidation sites excluding steroid dienone is 1. The van der Waals surface area contributed by atoms with Crippen LogP contribution in [-0.4, -0.2) is 23.2 Å². The molecule has 1 heterocycles. The Morgan fingerprint density at radius 1 is 1.05 bits per heavy atom. The first-order chi connectivity index (χ1) is 10.3. The number of benzene rings is 2. The van der Waals surface area contributed by atoms with Crippen LogP contribution in [0.2, 0.25) is 0 Å². The van der Waals surface area contributed by atoms with Crippen molar-refractivity contribution in [3.63, 3.8) is 0 Å². The maximum Gasteiger partial charge on any atom is 0.145 e. The molecule has 0 saturated heterocycles. The Balaban J connectivity index is 2.36. The zero-order valence-corrected chi connectivity index (χ0v) is 13.2. The lowest BCUT2D eigenvalue weighted by molar-refractivity contribution is 1.24. The van der Waals surface area contributed by atoms with Gasteiger partial charge in [-0.2, -0.15) is 0 Å². The minimum atomic E-state index is 0.930. The number of hydrogen-bond donors (Lipinski definition) is 0. The number of thioether (sulfide) groups is 1. The van der Waals surface area contributed by atoms with E-state index in [-0.39, 0.29) is 0 Å². The molecule has 3 rings (SSSR count). The lowest BCUT2D eigenvalue weighted by atomic mass is 10.2. The van der Waals surface area contributed by atoms with Gasteiger partial charge in [-0.25, -0.2) is 0 Å². The minimum Gasteiger partial charge on any atom is -0.293 e. The van der Waals surface area contributed by atoms with Gasteiger partial charge in [-0.3, -0.25) is 9.56 Å². The van der Waals surface area contributed by atoms with Crippen LogP contribution in [0.15, 0.2) is 65.0 Å². The summed E-state index contributed by atoms with van der Waals surface area (Å²) in [6, 6.07) is 16.9. The summed E-state index contributed by atoms with van der Waals surface area (Å²) in [5, 5.41) is 2.51. The van der Waals surface area contributed by atoms with E-state index in [0.717, 1.165) is 16.5 Å². The quantitative estimate of drug-likeness (QED) is 0.494. The highest BCUT2D eigenvalue weighted by atomic mass is 32.2. The summed E-state index contributed by atoms with van der Waals surface area (Å²) in [4.78, 5) is 5.51. The van der Waals surface area contributed by atoms with Gasteiger partial charge in [-0.15, -0.1) is 11.8 Å². The molecule has 0 N–H and O–H groups in total. The van der Waals surface area contributed by atoms with Gasteiger partial charge in [0.05, 0.1) is 11.0 Å². The Labute approximate surface area is 129 Å². The third-order valence-electron chi connectivity index (χ3n) is 3.57. The number of hydrogen-bond acceptors (Lipinski definition) is 2. The molecule has 0 aliphatic carbocycles. The molecule has 1 aromatic heterocycles. The van der Waals surface area contributed by atoms with Crippen molar-refractivity contribution in [3.8, 4) is 0 Å². The van der Waals surface area contributed by atoms with Gasteiger partial charge in [0.15, 0.2) is 0 Å². The summed E-state index contributed by atoms with van der Waals surface area (Å²) in [5.41, 5.74) is 2.36. The van der Waals surface area contributed by atoms with Crippen LogP contribution in [0.1, 0.15) is 6.92 Å². The van der Waals surface area contributed by atoms with Gasteiger partial charge >= 0.3 is 0 Å². The van der Waals surface area contributed by atoms with E-state index in [1.807, 2.05) is 7.05 Å². The molecule has 0 saturated carbocycles. The fourth-order valence-electron chi connectivity index (χ4n) is 2.74. The number of para-hydroxylation sites is 2. The van der Waals surface area contributed by atoms with Crippen LogP contribution < -0.4 is 0 Å². The molecule has 106 valence electrons. The maximum atomic E-state index is 4.51. The summed E-state index contributed by atoms with van der Waals surface area (Å²) < 4.78 is 2.22. The molecule has 3 aromatic rings. The Kier molecular flexibility index (Phi) is 3.84. The summed E-state index contributed by atoms with van der Waals surface area (Å²) >= 11 is 1.73. The van der Waals surface area contributed by atoms with Crippen LogP contribution in [-0.2, 0) is 0 Å². The van der Waals surface area contributed by atoms with Crippen LogP contribution >= 0.6 is 11.8 Å². The molecule has 0 spiro atoms. The van der Waals surface area contributed by atoms with Gasteiger partial charge in [0.25, 0.3) is 0 Å². The van der Waals surface area contributed by atoms with Crippen molar-refractivity contribution in [2.45, 2.75) is 6.92 Å². The number of nitrogens with zero attached hydrogens (tertiary/aromatic N) is 2. The Morgan fingerprint density at radius 3 is 2.05 bits per heavy atom. The second-order valence-corrected chi connectivity index (χ2v) is 6.13. The fourth-order valence-corrected chi connectivity index (χ4v) is 3.40. The smallest absolute Gasteiger partial charge is 0.145 e. The van der Waals surface area contributed by atoms with Crippen molar-refractivity contribution in [2.24, 2.45) is 4.99 Å². The number of aromatic nitrogens is 1. The Morgan fingerprint density at radius 2 is 1.57 bits per heavy atom. The highest BCUT2D eigenvalue weighted by molar-refractivity contribution is 8.03. The molecule has 0 radical (unpaired) electrons. The second kappa shape index (κ2) is 5.78. The molecule has 0 aliphatic rings. The summed E-state index contributed by atoms with van der Waals surface area (Å²) in [6.07, 6.45) is 0. The van der Waals surface area contributed by atoms with E-state index in [1.165, 1.54) is 21.8 Å². The second-order valence-electron chi connectivity index (χ2n) is 4.77. The topological polar surface area (TPSA) is 17.3 Å². The molecule has 0 aliphatic heterocycles. The molecule has 0 atom stereocenters. The van der Waals surface area contributed by atoms with Crippen LogP contribution in [0.5, 0.6) is 0 Å². The zero-order valence-electron chi connectivity index (χ0n) is 12.3. The number of rotatable bonds is 3. The van der Waals surface area contributed by atoms with E-state index >= 15 is 0 Å². The van der Waals surface area contributed by atoms with Gasteiger partial charge in [0, 0.05) is 22.7 Å². The highest BCUT2D eigenvalue weighted by Gasteiger charge is 2.15. The molecular formula is C18H18N2S. The van der Waals surface area contributed by atoms with Gasteiger partial charge in [0.1, 0.15) is 5.84 Å². The predicted molar refractivity (Wildman–Crippen MR) is 95.5 cm³/mol. The molecular weight excluding hydrogens is 276 g/mol. The van der Waals surface area contributed by atoms with E-state index in [1.54, 1.807) is 11.8 Å². The van der Waals surface area contributed by atoms with Gasteiger partial charge in [-0.05, 0) is 17.9 Å². The fraction of sp³-hybridized carbons (Fsp3) is 0.167. The van der Waals surface area contributed by atoms with E-state index in [2.05, 4.69) is 71.6 Å². The zero-order chi connectivity index (χ0) is 14.8. The first-order valence-electron chi connectivity index (χ1n) is 7.05. The number of aliphatic imine (C=N–C) groups is 1. The van der Waals surface area contributed by atoms with E-state index in [4.69, 9.17) is 0 Å². The molecule has 0 amide bonds. The van der Waals surface area contributed by atoms with Gasteiger partial charge in [0.2, 0.25) is 0 Å². The predicted octanol–water partition coefficient (Wildman–Crippen LogP) is 4.94. The normalized spacial score (nSPS) is 12.2. The van der Waals surface area contributed by atoms with Crippen LogP contribution in [0.3, 0.4) is 0 Å². The molecule has 0 fully saturated rings. The molecule has 2 aromatic carbocycles. The third-order valence-corrected chi connectivity index (χ3v) is 4.39. The minimum absolute atomic E-state index is 0.930. The van der Waals surface area contributed by atoms with Crippen LogP contribution in [0.25, 0.3) is 21.8 Å². The molecule has 0 bridgehead atoms. The lowest BCUT2D eigenvalue weighted by Gasteiger charge is -2.12. The Hall–Kier alpha value is -2.00. The monoisotopic (exact) mass is 294 g/mol. The largest absolute Gasteiger partial charge is 0.293 e. The van der Waals surface area contributed by atoms with E-state index in [0.29, 0.717) is 0 Å². The first kappa shape index (κ1) is 14.0. The molecule has 2 nitrogen and oxygen atoms in total. The molecule has 3 heteroatoms. The molecule has 21 heavy (non-hydrogen) atoms. The first-order valence-corrected chi connectivity index (χ1v) is 8.04. The van der Waals surface area contributed by atoms with Gasteiger partial charge < -0.3 is 0 Å². The van der Waals surface area contributed by atoms with E-state index in [9.17, 15) is 0 Å². The van der Waals surface area contributed by atoms with Gasteiger partial charge in [-0.1, -0.05) is 49.9 Å². The van der Waals surface area contributed by atoms with Crippen molar-refractivity contribution >= 4 is 39.4 Å². The summed E-state index contributed by atoms with van der Waals surface area (Å²) in [7, 11) is 1.83. The SMILES string of the molecule is C=C(SCC)C(=NC)n1c2ccccc2c2ccccc21. The van der Waals surface area contributed by atoms with Crippen molar-refractivity contribution in [1.82, 2.24) is 4.57 Å². The third kappa shape index (κ3) is 2.28. The van der Waals surface area contributed by atoms with Crippen LogP contribution in [0, 0.1) is 0 Å². The number of fused-ring (bicyclic) bond motifs is 3. The van der Waals surface area contributed by atoms with Crippen molar-refractivity contribution in [3.05, 3.63) is 60.0 Å². The standard InChI is InChI=1S/C18H18N2S/c1-4-21-13(2)18(19-3)20-16-11-7-5-9-14(16)15-10-6-8-12-17(15)20/h5-12H,2,4H2,1,3H3. The average molecular weight is 294 g/mol. The lowest BCUT2D eigenvalue weighted by Crippen LogP contribution is -2.12. The Bertz CT molecular complexity index is 789. The summed E-state index contributed by atoms with van der Waals surface area (Å²) in [5.74, 6) is 1.92. The van der Waals surface area contributed by atoms with Crippen molar-refractivity contribution in [2.75, 3.05) is 12.8 Å². The summed E-state index contributed by atoms with van der Waals surface area (Å²) in [6.45, 7) is 6.33. The molecule has 0 unspecified atom stereocenters. The van der Waals surface area contributed by atoms with Crippen molar-refractivity contribution < 1.29 is 0 Å². The van der Waals surface area contributed by atoms with Crippen molar-refractivity contribution in [1.29, 1.82) is 0 Å². The highest BCUT2D eigenvalue weighted by Crippen LogP contribution is 2.30.